The Balaban J connectivity index is 4.80. The maximum absolute atomic E-state index is 12.3. The number of halogens is 3. The third kappa shape index (κ3) is 3.15. The van der Waals surface area contributed by atoms with Crippen molar-refractivity contribution in [3.63, 3.8) is 0 Å². The Kier molecular flexibility index (Phi) is 4.86. The average Bonchev–Trinajstić information content (AvgIpc) is 2.10. The zero-order chi connectivity index (χ0) is 11.4. The van der Waals surface area contributed by atoms with E-state index in [2.05, 4.69) is 14.2 Å². The summed E-state index contributed by atoms with van der Waals surface area (Å²) in [7, 11) is 2.88. The number of rotatable bonds is 4. The summed E-state index contributed by atoms with van der Waals surface area (Å²) in [6, 6.07) is 0. The Morgan fingerprint density at radius 3 is 1.79 bits per heavy atom. The molecule has 0 bridgehead atoms. The molecule has 0 aromatic heterocycles. The Hall–Kier alpha value is -0.820. The third-order valence-electron chi connectivity index (χ3n) is 1.54. The first-order chi connectivity index (χ1) is 6.38. The molecule has 0 aromatic carbocycles. The SMILES string of the molecule is COC(=O)C(C(OC)OC)C(F)(F)F. The zero-order valence-corrected chi connectivity index (χ0v) is 7.92. The van der Waals surface area contributed by atoms with Crippen molar-refractivity contribution in [3.8, 4) is 0 Å². The molecule has 0 N–H and O–H groups in total. The lowest BCUT2D eigenvalue weighted by molar-refractivity contribution is -0.254. The minimum atomic E-state index is -4.76. The van der Waals surface area contributed by atoms with Gasteiger partial charge in [-0.05, 0) is 0 Å². The molecule has 0 heterocycles. The van der Waals surface area contributed by atoms with Gasteiger partial charge in [-0.15, -0.1) is 0 Å². The number of methoxy groups -OCH3 is 3. The highest BCUT2D eigenvalue weighted by Crippen LogP contribution is 2.31. The number of carbonyl (C=O) groups excluding carboxylic acids is 1. The fraction of sp³-hybridized carbons (Fsp3) is 0.857. The molecule has 0 aliphatic rings. The minimum Gasteiger partial charge on any atom is -0.468 e. The van der Waals surface area contributed by atoms with E-state index in [1.54, 1.807) is 0 Å². The van der Waals surface area contributed by atoms with E-state index in [-0.39, 0.29) is 0 Å². The number of ether oxygens (including phenoxy) is 3. The predicted molar refractivity (Wildman–Crippen MR) is 39.4 cm³/mol. The fourth-order valence-electron chi connectivity index (χ4n) is 0.894. The van der Waals surface area contributed by atoms with Gasteiger partial charge in [0.1, 0.15) is 0 Å². The van der Waals surface area contributed by atoms with Gasteiger partial charge < -0.3 is 14.2 Å². The lowest BCUT2D eigenvalue weighted by Gasteiger charge is -2.24. The van der Waals surface area contributed by atoms with Crippen molar-refractivity contribution in [1.82, 2.24) is 0 Å². The summed E-state index contributed by atoms with van der Waals surface area (Å²) in [6.07, 6.45) is -6.45. The van der Waals surface area contributed by atoms with E-state index >= 15 is 0 Å². The molecule has 0 fully saturated rings. The van der Waals surface area contributed by atoms with Gasteiger partial charge in [0.25, 0.3) is 0 Å². The fourth-order valence-corrected chi connectivity index (χ4v) is 0.894. The van der Waals surface area contributed by atoms with Crippen molar-refractivity contribution in [3.05, 3.63) is 0 Å². The molecule has 0 radical (unpaired) electrons. The zero-order valence-electron chi connectivity index (χ0n) is 7.92. The van der Waals surface area contributed by atoms with Crippen LogP contribution in [0.1, 0.15) is 0 Å². The van der Waals surface area contributed by atoms with Crippen LogP contribution in [0.3, 0.4) is 0 Å². The molecule has 4 nitrogen and oxygen atoms in total. The van der Waals surface area contributed by atoms with Crippen LogP contribution >= 0.6 is 0 Å². The predicted octanol–water partition coefficient (Wildman–Crippen LogP) is 0.957. The quantitative estimate of drug-likeness (QED) is 0.518. The van der Waals surface area contributed by atoms with Crippen LogP contribution in [-0.4, -0.2) is 39.8 Å². The van der Waals surface area contributed by atoms with Crippen molar-refractivity contribution < 1.29 is 32.2 Å². The van der Waals surface area contributed by atoms with E-state index in [9.17, 15) is 18.0 Å². The third-order valence-corrected chi connectivity index (χ3v) is 1.54. The molecule has 0 saturated carbocycles. The van der Waals surface area contributed by atoms with Gasteiger partial charge in [0.2, 0.25) is 5.92 Å². The highest BCUT2D eigenvalue weighted by Gasteiger charge is 2.51. The largest absolute Gasteiger partial charge is 0.468 e. The molecule has 0 aliphatic carbocycles. The molecule has 0 spiro atoms. The Morgan fingerprint density at radius 1 is 1.14 bits per heavy atom. The molecular weight excluding hydrogens is 205 g/mol. The Bertz CT molecular complexity index is 188. The molecule has 0 saturated heterocycles. The first-order valence-corrected chi connectivity index (χ1v) is 3.58. The van der Waals surface area contributed by atoms with Gasteiger partial charge in [-0.25, -0.2) is 0 Å². The van der Waals surface area contributed by atoms with Crippen molar-refractivity contribution in [2.45, 2.75) is 12.5 Å². The van der Waals surface area contributed by atoms with Crippen LogP contribution < -0.4 is 0 Å². The summed E-state index contributed by atoms with van der Waals surface area (Å²) in [5.74, 6) is -3.87. The molecule has 1 unspecified atom stereocenters. The van der Waals surface area contributed by atoms with E-state index in [1.807, 2.05) is 0 Å². The minimum absolute atomic E-state index is 0.865. The Labute approximate surface area is 78.9 Å². The maximum atomic E-state index is 12.3. The van der Waals surface area contributed by atoms with Crippen LogP contribution in [0.5, 0.6) is 0 Å². The summed E-state index contributed by atoms with van der Waals surface area (Å²) < 4.78 is 49.7. The lowest BCUT2D eigenvalue weighted by atomic mass is 10.1. The normalized spacial score (nSPS) is 14.2. The number of esters is 1. The van der Waals surface area contributed by atoms with Crippen LogP contribution in [0.25, 0.3) is 0 Å². The maximum Gasteiger partial charge on any atom is 0.407 e. The first-order valence-electron chi connectivity index (χ1n) is 3.58. The molecule has 84 valence electrons. The van der Waals surface area contributed by atoms with E-state index in [4.69, 9.17) is 0 Å². The van der Waals surface area contributed by atoms with E-state index in [1.165, 1.54) is 0 Å². The van der Waals surface area contributed by atoms with Crippen LogP contribution in [0, 0.1) is 5.92 Å². The Morgan fingerprint density at radius 2 is 1.57 bits per heavy atom. The molecule has 7 heteroatoms. The second-order valence-electron chi connectivity index (χ2n) is 2.38. The standard InChI is InChI=1S/C7H11F3O4/c1-12-5(11)4(7(8,9)10)6(13-2)14-3/h4,6H,1-3H3. The molecular formula is C7H11F3O4. The second kappa shape index (κ2) is 5.16. The lowest BCUT2D eigenvalue weighted by Crippen LogP contribution is -2.42. The summed E-state index contributed by atoms with van der Waals surface area (Å²) in [6.45, 7) is 0. The van der Waals surface area contributed by atoms with Crippen LogP contribution in [-0.2, 0) is 19.0 Å². The second-order valence-corrected chi connectivity index (χ2v) is 2.38. The summed E-state index contributed by atoms with van der Waals surface area (Å²) in [5, 5.41) is 0. The van der Waals surface area contributed by atoms with Gasteiger partial charge in [0.15, 0.2) is 6.29 Å². The van der Waals surface area contributed by atoms with E-state index in [0.717, 1.165) is 21.3 Å². The molecule has 0 amide bonds. The molecule has 0 aliphatic heterocycles. The van der Waals surface area contributed by atoms with E-state index < -0.39 is 24.4 Å². The van der Waals surface area contributed by atoms with Gasteiger partial charge in [0, 0.05) is 14.2 Å². The van der Waals surface area contributed by atoms with Crippen LogP contribution in [0.15, 0.2) is 0 Å². The monoisotopic (exact) mass is 216 g/mol. The van der Waals surface area contributed by atoms with Crippen molar-refractivity contribution in [2.75, 3.05) is 21.3 Å². The van der Waals surface area contributed by atoms with Gasteiger partial charge in [-0.1, -0.05) is 0 Å². The summed E-state index contributed by atoms with van der Waals surface area (Å²) >= 11 is 0. The van der Waals surface area contributed by atoms with Gasteiger partial charge in [-0.2, -0.15) is 13.2 Å². The smallest absolute Gasteiger partial charge is 0.407 e. The number of carbonyl (C=O) groups is 1. The van der Waals surface area contributed by atoms with Crippen molar-refractivity contribution in [2.24, 2.45) is 5.92 Å². The van der Waals surface area contributed by atoms with Crippen molar-refractivity contribution in [1.29, 1.82) is 0 Å². The molecule has 0 aromatic rings. The van der Waals surface area contributed by atoms with Gasteiger partial charge in [-0.3, -0.25) is 4.79 Å². The summed E-state index contributed by atoms with van der Waals surface area (Å²) in [4.78, 5) is 10.8. The molecule has 14 heavy (non-hydrogen) atoms. The summed E-state index contributed by atoms with van der Waals surface area (Å²) in [5.41, 5.74) is 0. The van der Waals surface area contributed by atoms with Crippen LogP contribution in [0.4, 0.5) is 13.2 Å². The molecule has 1 atom stereocenters. The van der Waals surface area contributed by atoms with Gasteiger partial charge >= 0.3 is 12.1 Å². The first kappa shape index (κ1) is 13.2. The number of alkyl halides is 3. The van der Waals surface area contributed by atoms with Gasteiger partial charge in [0.05, 0.1) is 7.11 Å². The highest BCUT2D eigenvalue weighted by atomic mass is 19.4. The average molecular weight is 216 g/mol. The van der Waals surface area contributed by atoms with Crippen molar-refractivity contribution >= 4 is 5.97 Å². The van der Waals surface area contributed by atoms with Crippen LogP contribution in [0.2, 0.25) is 0 Å². The molecule has 0 rings (SSSR count). The number of hydrogen-bond acceptors (Lipinski definition) is 4. The number of hydrogen-bond donors (Lipinski definition) is 0. The van der Waals surface area contributed by atoms with E-state index in [0.29, 0.717) is 0 Å². The highest BCUT2D eigenvalue weighted by molar-refractivity contribution is 5.73. The topological polar surface area (TPSA) is 44.8 Å².